The molecular weight excluding hydrogens is 331 g/mol. The minimum atomic E-state index is -0.164. The van der Waals surface area contributed by atoms with E-state index in [4.69, 9.17) is 0 Å². The van der Waals surface area contributed by atoms with Gasteiger partial charge < -0.3 is 5.32 Å². The molecule has 1 spiro atoms. The van der Waals surface area contributed by atoms with E-state index in [2.05, 4.69) is 33.1 Å². The number of rotatable bonds is 2. The Morgan fingerprint density at radius 2 is 2.10 bits per heavy atom. The van der Waals surface area contributed by atoms with Crippen molar-refractivity contribution in [3.05, 3.63) is 34.1 Å². The van der Waals surface area contributed by atoms with Gasteiger partial charge in [-0.1, -0.05) is 31.4 Å². The highest BCUT2D eigenvalue weighted by molar-refractivity contribution is 9.10. The third-order valence-electron chi connectivity index (χ3n) is 5.12. The number of halogens is 2. The largest absolute Gasteiger partial charge is 0.308 e. The van der Waals surface area contributed by atoms with E-state index < -0.39 is 0 Å². The first-order valence-electron chi connectivity index (χ1n) is 8.02. The van der Waals surface area contributed by atoms with E-state index in [1.54, 1.807) is 6.07 Å². The van der Waals surface area contributed by atoms with Gasteiger partial charge in [0.15, 0.2) is 0 Å². The van der Waals surface area contributed by atoms with Crippen molar-refractivity contribution in [1.29, 1.82) is 0 Å². The number of piperazine rings is 1. The van der Waals surface area contributed by atoms with Crippen molar-refractivity contribution in [1.82, 2.24) is 10.2 Å². The molecule has 1 aromatic carbocycles. The quantitative estimate of drug-likeness (QED) is 0.860. The first-order chi connectivity index (χ1) is 10.1. The van der Waals surface area contributed by atoms with E-state index in [9.17, 15) is 4.39 Å². The maximum Gasteiger partial charge on any atom is 0.137 e. The summed E-state index contributed by atoms with van der Waals surface area (Å²) in [5.74, 6) is -0.164. The standard InChI is InChI=1S/C17H24BrFN2/c1-13-10-20-17(8-3-2-4-9-17)12-21(13)11-14-6-5-7-15(19)16(14)18/h5-7,13,20H,2-4,8-12H2,1H3. The van der Waals surface area contributed by atoms with E-state index in [0.29, 0.717) is 16.1 Å². The van der Waals surface area contributed by atoms with Gasteiger partial charge in [0.25, 0.3) is 0 Å². The molecular formula is C17H24BrFN2. The van der Waals surface area contributed by atoms with Crippen molar-refractivity contribution < 1.29 is 4.39 Å². The second-order valence-corrected chi connectivity index (χ2v) is 7.48. The van der Waals surface area contributed by atoms with Gasteiger partial charge in [-0.15, -0.1) is 0 Å². The number of nitrogens with zero attached hydrogens (tertiary/aromatic N) is 1. The van der Waals surface area contributed by atoms with E-state index in [1.807, 2.05) is 6.07 Å². The molecule has 2 nitrogen and oxygen atoms in total. The summed E-state index contributed by atoms with van der Waals surface area (Å²) < 4.78 is 14.3. The lowest BCUT2D eigenvalue weighted by Crippen LogP contribution is -2.63. The zero-order chi connectivity index (χ0) is 14.9. The van der Waals surface area contributed by atoms with Crippen LogP contribution in [0.4, 0.5) is 4.39 Å². The van der Waals surface area contributed by atoms with Crippen molar-refractivity contribution in [3.8, 4) is 0 Å². The zero-order valence-electron chi connectivity index (χ0n) is 12.7. The van der Waals surface area contributed by atoms with Crippen molar-refractivity contribution >= 4 is 15.9 Å². The van der Waals surface area contributed by atoms with Gasteiger partial charge in [0.05, 0.1) is 4.47 Å². The molecule has 1 saturated heterocycles. The average Bonchev–Trinajstić information content (AvgIpc) is 2.49. The van der Waals surface area contributed by atoms with Crippen LogP contribution in [0.15, 0.2) is 22.7 Å². The normalized spacial score (nSPS) is 26.1. The Morgan fingerprint density at radius 3 is 2.86 bits per heavy atom. The number of benzene rings is 1. The molecule has 1 N–H and O–H groups in total. The molecule has 0 radical (unpaired) electrons. The molecule has 0 aromatic heterocycles. The predicted octanol–water partition coefficient (Wildman–Crippen LogP) is 4.08. The van der Waals surface area contributed by atoms with Gasteiger partial charge in [-0.3, -0.25) is 4.90 Å². The minimum Gasteiger partial charge on any atom is -0.308 e. The van der Waals surface area contributed by atoms with Crippen LogP contribution >= 0.6 is 15.9 Å². The number of nitrogens with one attached hydrogen (secondary N) is 1. The lowest BCUT2D eigenvalue weighted by atomic mass is 9.79. The summed E-state index contributed by atoms with van der Waals surface area (Å²) >= 11 is 3.40. The topological polar surface area (TPSA) is 15.3 Å². The van der Waals surface area contributed by atoms with Crippen LogP contribution in [-0.4, -0.2) is 29.6 Å². The Balaban J connectivity index is 1.75. The third kappa shape index (κ3) is 3.33. The van der Waals surface area contributed by atoms with Gasteiger partial charge >= 0.3 is 0 Å². The van der Waals surface area contributed by atoms with Gasteiger partial charge in [0.1, 0.15) is 5.82 Å². The van der Waals surface area contributed by atoms with Crippen LogP contribution in [0.3, 0.4) is 0 Å². The molecule has 1 aliphatic heterocycles. The van der Waals surface area contributed by atoms with Crippen LogP contribution < -0.4 is 5.32 Å². The second kappa shape index (κ2) is 6.35. The molecule has 1 atom stereocenters. The summed E-state index contributed by atoms with van der Waals surface area (Å²) in [6, 6.07) is 5.83. The van der Waals surface area contributed by atoms with E-state index in [0.717, 1.165) is 25.2 Å². The van der Waals surface area contributed by atoms with Crippen LogP contribution in [0.25, 0.3) is 0 Å². The van der Waals surface area contributed by atoms with E-state index in [-0.39, 0.29) is 5.82 Å². The average molecular weight is 355 g/mol. The molecule has 3 rings (SSSR count). The smallest absolute Gasteiger partial charge is 0.137 e. The lowest BCUT2D eigenvalue weighted by Gasteiger charge is -2.49. The Morgan fingerprint density at radius 1 is 1.33 bits per heavy atom. The maximum absolute atomic E-state index is 13.7. The van der Waals surface area contributed by atoms with E-state index >= 15 is 0 Å². The van der Waals surface area contributed by atoms with Crippen LogP contribution in [0.2, 0.25) is 0 Å². The lowest BCUT2D eigenvalue weighted by molar-refractivity contribution is 0.0571. The fourth-order valence-corrected chi connectivity index (χ4v) is 4.15. The molecule has 1 aliphatic carbocycles. The molecule has 21 heavy (non-hydrogen) atoms. The highest BCUT2D eigenvalue weighted by Crippen LogP contribution is 2.33. The van der Waals surface area contributed by atoms with Crippen LogP contribution in [0, 0.1) is 5.82 Å². The summed E-state index contributed by atoms with van der Waals surface area (Å²) in [6.07, 6.45) is 6.59. The second-order valence-electron chi connectivity index (χ2n) is 6.69. The van der Waals surface area contributed by atoms with Crippen molar-refractivity contribution in [2.75, 3.05) is 13.1 Å². The summed E-state index contributed by atoms with van der Waals surface area (Å²) in [5, 5.41) is 3.80. The van der Waals surface area contributed by atoms with Gasteiger partial charge in [0.2, 0.25) is 0 Å². The summed E-state index contributed by atoms with van der Waals surface area (Å²) in [7, 11) is 0. The van der Waals surface area contributed by atoms with Crippen LogP contribution in [0.5, 0.6) is 0 Å². The number of hydrogen-bond donors (Lipinski definition) is 1. The molecule has 0 amide bonds. The van der Waals surface area contributed by atoms with Crippen LogP contribution in [0.1, 0.15) is 44.6 Å². The molecule has 2 fully saturated rings. The summed E-state index contributed by atoms with van der Waals surface area (Å²) in [4.78, 5) is 2.52. The number of hydrogen-bond acceptors (Lipinski definition) is 2. The van der Waals surface area contributed by atoms with Crippen molar-refractivity contribution in [2.24, 2.45) is 0 Å². The van der Waals surface area contributed by atoms with Gasteiger partial charge in [-0.2, -0.15) is 0 Å². The molecule has 4 heteroatoms. The molecule has 1 heterocycles. The summed E-state index contributed by atoms with van der Waals surface area (Å²) in [6.45, 7) is 5.20. The predicted molar refractivity (Wildman–Crippen MR) is 87.8 cm³/mol. The Hall–Kier alpha value is -0.450. The Labute approximate surface area is 135 Å². The van der Waals surface area contributed by atoms with Crippen molar-refractivity contribution in [2.45, 2.75) is 57.2 Å². The highest BCUT2D eigenvalue weighted by atomic mass is 79.9. The Kier molecular flexibility index (Phi) is 4.67. The van der Waals surface area contributed by atoms with Gasteiger partial charge in [-0.05, 0) is 47.3 Å². The van der Waals surface area contributed by atoms with Crippen LogP contribution in [-0.2, 0) is 6.54 Å². The molecule has 2 aliphatic rings. The first-order valence-corrected chi connectivity index (χ1v) is 8.81. The monoisotopic (exact) mass is 354 g/mol. The fraction of sp³-hybridized carbons (Fsp3) is 0.647. The molecule has 1 unspecified atom stereocenters. The molecule has 116 valence electrons. The highest BCUT2D eigenvalue weighted by Gasteiger charge is 2.38. The third-order valence-corrected chi connectivity index (χ3v) is 6.01. The molecule has 0 bridgehead atoms. The molecule has 1 saturated carbocycles. The van der Waals surface area contributed by atoms with Gasteiger partial charge in [0, 0.05) is 31.2 Å². The van der Waals surface area contributed by atoms with Gasteiger partial charge in [-0.25, -0.2) is 4.39 Å². The van der Waals surface area contributed by atoms with Crippen molar-refractivity contribution in [3.63, 3.8) is 0 Å². The first kappa shape index (κ1) is 15.4. The fourth-order valence-electron chi connectivity index (χ4n) is 3.76. The zero-order valence-corrected chi connectivity index (χ0v) is 14.3. The Bertz CT molecular complexity index is 500. The SMILES string of the molecule is CC1CNC2(CCCCC2)CN1Cc1cccc(F)c1Br. The minimum absolute atomic E-state index is 0.164. The molecule has 1 aromatic rings. The maximum atomic E-state index is 13.7. The summed E-state index contributed by atoms with van der Waals surface area (Å²) in [5.41, 5.74) is 1.35. The van der Waals surface area contributed by atoms with E-state index in [1.165, 1.54) is 38.2 Å².